The van der Waals surface area contributed by atoms with Crippen LogP contribution in [0.4, 0.5) is 0 Å². The van der Waals surface area contributed by atoms with E-state index in [1.807, 2.05) is 12.1 Å². The van der Waals surface area contributed by atoms with Crippen LogP contribution in [0.25, 0.3) is 0 Å². The highest BCUT2D eigenvalue weighted by Gasteiger charge is 2.15. The molecule has 0 bridgehead atoms. The second kappa shape index (κ2) is 6.76. The second-order valence-corrected chi connectivity index (χ2v) is 4.98. The number of rotatable bonds is 5. The van der Waals surface area contributed by atoms with E-state index >= 15 is 0 Å². The van der Waals surface area contributed by atoms with E-state index in [4.69, 9.17) is 15.2 Å². The minimum atomic E-state index is 0.203. The van der Waals surface area contributed by atoms with Crippen molar-refractivity contribution >= 4 is 0 Å². The van der Waals surface area contributed by atoms with Gasteiger partial charge >= 0.3 is 0 Å². The highest BCUT2D eigenvalue weighted by molar-refractivity contribution is 5.29. The van der Waals surface area contributed by atoms with Crippen LogP contribution in [0.15, 0.2) is 24.3 Å². The molecule has 1 aromatic carbocycles. The lowest BCUT2D eigenvalue weighted by atomic mass is 10.0. The summed E-state index contributed by atoms with van der Waals surface area (Å²) < 4.78 is 11.4. The lowest BCUT2D eigenvalue weighted by Crippen LogP contribution is -2.28. The van der Waals surface area contributed by atoms with E-state index in [0.29, 0.717) is 6.61 Å². The Morgan fingerprint density at radius 3 is 3.11 bits per heavy atom. The Bertz CT molecular complexity index is 361. The maximum atomic E-state index is 5.98. The van der Waals surface area contributed by atoms with Gasteiger partial charge in [-0.1, -0.05) is 19.1 Å². The van der Waals surface area contributed by atoms with Crippen molar-refractivity contribution in [2.24, 2.45) is 5.73 Å². The predicted octanol–water partition coefficient (Wildman–Crippen LogP) is 2.52. The molecule has 18 heavy (non-hydrogen) atoms. The van der Waals surface area contributed by atoms with E-state index < -0.39 is 0 Å². The fourth-order valence-electron chi connectivity index (χ4n) is 2.19. The summed E-state index contributed by atoms with van der Waals surface area (Å²) in [6.07, 6.45) is 4.29. The molecule has 2 atom stereocenters. The van der Waals surface area contributed by atoms with Crippen LogP contribution in [0.2, 0.25) is 0 Å². The Morgan fingerprint density at radius 2 is 2.39 bits per heavy atom. The molecule has 0 amide bonds. The zero-order valence-corrected chi connectivity index (χ0v) is 11.1. The van der Waals surface area contributed by atoms with Gasteiger partial charge < -0.3 is 15.2 Å². The van der Waals surface area contributed by atoms with Crippen LogP contribution in [-0.2, 0) is 11.2 Å². The molecule has 1 fully saturated rings. The summed E-state index contributed by atoms with van der Waals surface area (Å²) >= 11 is 0. The summed E-state index contributed by atoms with van der Waals surface area (Å²) in [7, 11) is 0. The maximum Gasteiger partial charge on any atom is 0.122 e. The van der Waals surface area contributed by atoms with Crippen molar-refractivity contribution in [2.75, 3.05) is 13.2 Å². The van der Waals surface area contributed by atoms with E-state index in [9.17, 15) is 0 Å². The molecule has 3 heteroatoms. The zero-order valence-electron chi connectivity index (χ0n) is 11.1. The summed E-state index contributed by atoms with van der Waals surface area (Å²) in [5.74, 6) is 0.936. The van der Waals surface area contributed by atoms with Crippen LogP contribution in [0.1, 0.15) is 31.7 Å². The van der Waals surface area contributed by atoms with Crippen LogP contribution in [0.5, 0.6) is 5.75 Å². The largest absolute Gasteiger partial charge is 0.488 e. The zero-order chi connectivity index (χ0) is 12.8. The van der Waals surface area contributed by atoms with Crippen LogP contribution >= 0.6 is 0 Å². The van der Waals surface area contributed by atoms with Crippen molar-refractivity contribution in [1.82, 2.24) is 0 Å². The van der Waals surface area contributed by atoms with Crippen molar-refractivity contribution in [1.29, 1.82) is 0 Å². The van der Waals surface area contributed by atoms with Gasteiger partial charge in [0.2, 0.25) is 0 Å². The number of ether oxygens (including phenoxy) is 2. The number of hydrogen-bond donors (Lipinski definition) is 1. The molecule has 2 rings (SSSR count). The second-order valence-electron chi connectivity index (χ2n) is 4.98. The summed E-state index contributed by atoms with van der Waals surface area (Å²) in [5.41, 5.74) is 7.23. The molecule has 0 aromatic heterocycles. The van der Waals surface area contributed by atoms with E-state index in [1.165, 1.54) is 5.56 Å². The molecule has 1 saturated heterocycles. The Hall–Kier alpha value is -1.06. The minimum Gasteiger partial charge on any atom is -0.488 e. The Labute approximate surface area is 109 Å². The van der Waals surface area contributed by atoms with Crippen molar-refractivity contribution in [2.45, 2.75) is 44.8 Å². The fourth-order valence-corrected chi connectivity index (χ4v) is 2.19. The molecule has 0 radical (unpaired) electrons. The molecule has 2 N–H and O–H groups in total. The smallest absolute Gasteiger partial charge is 0.122 e. The summed E-state index contributed by atoms with van der Waals surface area (Å²) in [4.78, 5) is 0. The van der Waals surface area contributed by atoms with Gasteiger partial charge in [-0.2, -0.15) is 0 Å². The Balaban J connectivity index is 1.93. The first-order valence-electron chi connectivity index (χ1n) is 6.87. The number of nitrogens with two attached hydrogens (primary N) is 1. The molecule has 1 aliphatic rings. The van der Waals surface area contributed by atoms with Gasteiger partial charge in [0.05, 0.1) is 6.61 Å². The van der Waals surface area contributed by atoms with E-state index in [-0.39, 0.29) is 12.1 Å². The number of hydrogen-bond acceptors (Lipinski definition) is 3. The van der Waals surface area contributed by atoms with Gasteiger partial charge in [-0.25, -0.2) is 0 Å². The van der Waals surface area contributed by atoms with Gasteiger partial charge in [-0.3, -0.25) is 0 Å². The van der Waals surface area contributed by atoms with Gasteiger partial charge in [0, 0.05) is 12.6 Å². The summed E-state index contributed by atoms with van der Waals surface area (Å²) in [6.45, 7) is 3.69. The van der Waals surface area contributed by atoms with Crippen LogP contribution < -0.4 is 10.5 Å². The van der Waals surface area contributed by atoms with Crippen molar-refractivity contribution < 1.29 is 9.47 Å². The molecule has 0 saturated carbocycles. The molecule has 0 aliphatic carbocycles. The van der Waals surface area contributed by atoms with E-state index in [1.54, 1.807) is 0 Å². The van der Waals surface area contributed by atoms with Crippen LogP contribution in [0, 0.1) is 0 Å². The van der Waals surface area contributed by atoms with Gasteiger partial charge in [0.25, 0.3) is 0 Å². The molecular weight excluding hydrogens is 226 g/mol. The average Bonchev–Trinajstić information content (AvgIpc) is 2.40. The van der Waals surface area contributed by atoms with Crippen LogP contribution in [0.3, 0.4) is 0 Å². The lowest BCUT2D eigenvalue weighted by molar-refractivity contribution is 0.00740. The monoisotopic (exact) mass is 249 g/mol. The third kappa shape index (κ3) is 4.00. The summed E-state index contributed by atoms with van der Waals surface area (Å²) in [5, 5.41) is 0. The van der Waals surface area contributed by atoms with Gasteiger partial charge in [-0.15, -0.1) is 0 Å². The van der Waals surface area contributed by atoms with Gasteiger partial charge in [-0.05, 0) is 43.4 Å². The highest BCUT2D eigenvalue weighted by Crippen LogP contribution is 2.19. The normalized spacial score (nSPS) is 21.6. The fraction of sp³-hybridized carbons (Fsp3) is 0.600. The quantitative estimate of drug-likeness (QED) is 0.872. The van der Waals surface area contributed by atoms with Crippen molar-refractivity contribution in [3.63, 3.8) is 0 Å². The van der Waals surface area contributed by atoms with Crippen LogP contribution in [-0.4, -0.2) is 25.4 Å². The van der Waals surface area contributed by atoms with E-state index in [0.717, 1.165) is 38.0 Å². The average molecular weight is 249 g/mol. The molecule has 100 valence electrons. The van der Waals surface area contributed by atoms with Crippen molar-refractivity contribution in [3.05, 3.63) is 29.8 Å². The maximum absolute atomic E-state index is 5.98. The van der Waals surface area contributed by atoms with E-state index in [2.05, 4.69) is 19.1 Å². The molecular formula is C15H23NO2. The third-order valence-corrected chi connectivity index (χ3v) is 3.34. The first-order chi connectivity index (χ1) is 8.78. The number of benzene rings is 1. The van der Waals surface area contributed by atoms with Gasteiger partial charge in [0.15, 0.2) is 0 Å². The van der Waals surface area contributed by atoms with Crippen molar-refractivity contribution in [3.8, 4) is 5.75 Å². The lowest BCUT2D eigenvalue weighted by Gasteiger charge is -2.23. The topological polar surface area (TPSA) is 44.5 Å². The predicted molar refractivity (Wildman–Crippen MR) is 72.9 cm³/mol. The van der Waals surface area contributed by atoms with Gasteiger partial charge in [0.1, 0.15) is 11.9 Å². The Kier molecular flexibility index (Phi) is 5.02. The summed E-state index contributed by atoms with van der Waals surface area (Å²) in [6, 6.07) is 8.49. The molecule has 2 unspecified atom stereocenters. The molecule has 3 nitrogen and oxygen atoms in total. The first-order valence-corrected chi connectivity index (χ1v) is 6.87. The third-order valence-electron chi connectivity index (χ3n) is 3.34. The first kappa shape index (κ1) is 13.4. The standard InChI is InChI=1S/C15H23NO2/c1-2-13(16)9-12-5-3-6-14(10-12)18-15-7-4-8-17-11-15/h3,5-6,10,13,15H,2,4,7-9,11,16H2,1H3. The highest BCUT2D eigenvalue weighted by atomic mass is 16.5. The Morgan fingerprint density at radius 1 is 1.50 bits per heavy atom. The molecule has 1 aromatic rings. The molecule has 1 aliphatic heterocycles. The molecule has 0 spiro atoms. The SMILES string of the molecule is CCC(N)Cc1cccc(OC2CCCOC2)c1. The molecule has 1 heterocycles. The minimum absolute atomic E-state index is 0.203.